The number of ether oxygens (including phenoxy) is 1. The fourth-order valence-electron chi connectivity index (χ4n) is 1.38. The molecule has 1 atom stereocenters. The maximum atomic E-state index is 5.41. The minimum atomic E-state index is 0.180. The minimum Gasteiger partial charge on any atom is -0.377 e. The van der Waals surface area contributed by atoms with Crippen molar-refractivity contribution < 1.29 is 4.74 Å². The van der Waals surface area contributed by atoms with E-state index in [-0.39, 0.29) is 6.10 Å². The summed E-state index contributed by atoms with van der Waals surface area (Å²) < 4.78 is 5.41. The van der Waals surface area contributed by atoms with E-state index in [1.54, 1.807) is 0 Å². The SMILES string of the molecule is CCOC(C)CNc1nc(C)cc(C)n1. The van der Waals surface area contributed by atoms with Crippen LogP contribution in [0.4, 0.5) is 5.95 Å². The lowest BCUT2D eigenvalue weighted by molar-refractivity contribution is 0.0854. The van der Waals surface area contributed by atoms with Crippen molar-refractivity contribution in [3.05, 3.63) is 17.5 Å². The van der Waals surface area contributed by atoms with Crippen LogP contribution in [0.25, 0.3) is 0 Å². The third-order valence-corrected chi connectivity index (χ3v) is 1.98. The Kier molecular flexibility index (Phi) is 4.49. The maximum absolute atomic E-state index is 5.41. The van der Waals surface area contributed by atoms with Crippen molar-refractivity contribution in [2.75, 3.05) is 18.5 Å². The Morgan fingerprint density at radius 3 is 2.47 bits per heavy atom. The van der Waals surface area contributed by atoms with Gasteiger partial charge in [-0.05, 0) is 33.8 Å². The third kappa shape index (κ3) is 4.25. The zero-order chi connectivity index (χ0) is 11.3. The summed E-state index contributed by atoms with van der Waals surface area (Å²) >= 11 is 0. The molecule has 0 spiro atoms. The number of aryl methyl sites for hydroxylation is 2. The van der Waals surface area contributed by atoms with Crippen molar-refractivity contribution in [3.8, 4) is 0 Å². The van der Waals surface area contributed by atoms with Gasteiger partial charge >= 0.3 is 0 Å². The fourth-order valence-corrected chi connectivity index (χ4v) is 1.38. The Balaban J connectivity index is 2.50. The summed E-state index contributed by atoms with van der Waals surface area (Å²) in [6.07, 6.45) is 0.180. The van der Waals surface area contributed by atoms with Gasteiger partial charge in [0.15, 0.2) is 0 Å². The van der Waals surface area contributed by atoms with Gasteiger partial charge in [0.2, 0.25) is 5.95 Å². The molecule has 1 unspecified atom stereocenters. The van der Waals surface area contributed by atoms with E-state index in [4.69, 9.17) is 4.74 Å². The molecule has 1 N–H and O–H groups in total. The summed E-state index contributed by atoms with van der Waals surface area (Å²) in [6, 6.07) is 1.96. The zero-order valence-corrected chi connectivity index (χ0v) is 9.87. The van der Waals surface area contributed by atoms with Gasteiger partial charge in [0.1, 0.15) is 0 Å². The Bertz CT molecular complexity index is 294. The largest absolute Gasteiger partial charge is 0.377 e. The molecule has 0 aromatic carbocycles. The van der Waals surface area contributed by atoms with Crippen molar-refractivity contribution >= 4 is 5.95 Å². The van der Waals surface area contributed by atoms with Gasteiger partial charge in [-0.2, -0.15) is 0 Å². The molecule has 15 heavy (non-hydrogen) atoms. The summed E-state index contributed by atoms with van der Waals surface area (Å²) in [6.45, 7) is 9.41. The van der Waals surface area contributed by atoms with E-state index in [9.17, 15) is 0 Å². The number of nitrogens with zero attached hydrogens (tertiary/aromatic N) is 2. The van der Waals surface area contributed by atoms with Gasteiger partial charge in [-0.1, -0.05) is 0 Å². The first kappa shape index (κ1) is 11.9. The van der Waals surface area contributed by atoms with Crippen LogP contribution in [0.1, 0.15) is 25.2 Å². The van der Waals surface area contributed by atoms with Crippen LogP contribution in [-0.4, -0.2) is 29.2 Å². The summed E-state index contributed by atoms with van der Waals surface area (Å²) in [4.78, 5) is 8.58. The number of anilines is 1. The molecular formula is C11H19N3O. The highest BCUT2D eigenvalue weighted by Crippen LogP contribution is 2.04. The molecule has 0 bridgehead atoms. The van der Waals surface area contributed by atoms with Crippen LogP contribution in [0.15, 0.2) is 6.07 Å². The van der Waals surface area contributed by atoms with Crippen molar-refractivity contribution in [1.29, 1.82) is 0 Å². The number of nitrogens with one attached hydrogen (secondary N) is 1. The molecule has 0 aliphatic rings. The van der Waals surface area contributed by atoms with Gasteiger partial charge in [-0.25, -0.2) is 9.97 Å². The second kappa shape index (κ2) is 5.66. The molecule has 0 amide bonds. The molecule has 84 valence electrons. The molecule has 0 aliphatic carbocycles. The molecule has 0 radical (unpaired) electrons. The first-order chi connectivity index (χ1) is 7.11. The number of hydrogen-bond acceptors (Lipinski definition) is 4. The smallest absolute Gasteiger partial charge is 0.223 e. The van der Waals surface area contributed by atoms with Gasteiger partial charge in [-0.15, -0.1) is 0 Å². The maximum Gasteiger partial charge on any atom is 0.223 e. The molecule has 4 heteroatoms. The van der Waals surface area contributed by atoms with Gasteiger partial charge in [0.25, 0.3) is 0 Å². The summed E-state index contributed by atoms with van der Waals surface area (Å²) in [5, 5.41) is 3.16. The number of hydrogen-bond donors (Lipinski definition) is 1. The van der Waals surface area contributed by atoms with E-state index in [1.807, 2.05) is 33.8 Å². The average Bonchev–Trinajstić information content (AvgIpc) is 2.14. The Morgan fingerprint density at radius 1 is 1.33 bits per heavy atom. The van der Waals surface area contributed by atoms with E-state index < -0.39 is 0 Å². The number of rotatable bonds is 5. The van der Waals surface area contributed by atoms with Crippen LogP contribution in [0.3, 0.4) is 0 Å². The predicted octanol–water partition coefficient (Wildman–Crippen LogP) is 1.93. The van der Waals surface area contributed by atoms with Crippen LogP contribution in [-0.2, 0) is 4.74 Å². The predicted molar refractivity (Wildman–Crippen MR) is 61.1 cm³/mol. The van der Waals surface area contributed by atoms with Crippen LogP contribution in [0.5, 0.6) is 0 Å². The highest BCUT2D eigenvalue weighted by molar-refractivity contribution is 5.27. The molecule has 0 fully saturated rings. The lowest BCUT2D eigenvalue weighted by Crippen LogP contribution is -2.21. The zero-order valence-electron chi connectivity index (χ0n) is 9.87. The Labute approximate surface area is 91.1 Å². The second-order valence-electron chi connectivity index (χ2n) is 3.62. The van der Waals surface area contributed by atoms with Gasteiger partial charge in [0.05, 0.1) is 6.10 Å². The first-order valence-electron chi connectivity index (χ1n) is 5.29. The van der Waals surface area contributed by atoms with E-state index in [2.05, 4.69) is 15.3 Å². The lowest BCUT2D eigenvalue weighted by atomic mass is 10.3. The molecule has 4 nitrogen and oxygen atoms in total. The van der Waals surface area contributed by atoms with Crippen molar-refractivity contribution in [2.45, 2.75) is 33.8 Å². The van der Waals surface area contributed by atoms with E-state index in [1.165, 1.54) is 0 Å². The van der Waals surface area contributed by atoms with Crippen LogP contribution < -0.4 is 5.32 Å². The van der Waals surface area contributed by atoms with Gasteiger partial charge in [0, 0.05) is 24.5 Å². The highest BCUT2D eigenvalue weighted by Gasteiger charge is 2.03. The quantitative estimate of drug-likeness (QED) is 0.805. The molecule has 0 saturated carbocycles. The molecule has 1 heterocycles. The second-order valence-corrected chi connectivity index (χ2v) is 3.62. The normalized spacial score (nSPS) is 12.5. The average molecular weight is 209 g/mol. The fraction of sp³-hybridized carbons (Fsp3) is 0.636. The molecular weight excluding hydrogens is 190 g/mol. The molecule has 0 saturated heterocycles. The lowest BCUT2D eigenvalue weighted by Gasteiger charge is -2.12. The summed E-state index contributed by atoms with van der Waals surface area (Å²) in [5.74, 6) is 0.680. The summed E-state index contributed by atoms with van der Waals surface area (Å²) in [7, 11) is 0. The van der Waals surface area contributed by atoms with E-state index in [0.29, 0.717) is 5.95 Å². The van der Waals surface area contributed by atoms with E-state index in [0.717, 1.165) is 24.5 Å². The third-order valence-electron chi connectivity index (χ3n) is 1.98. The van der Waals surface area contributed by atoms with Gasteiger partial charge in [-0.3, -0.25) is 0 Å². The van der Waals surface area contributed by atoms with Gasteiger partial charge < -0.3 is 10.1 Å². The van der Waals surface area contributed by atoms with Crippen molar-refractivity contribution in [3.63, 3.8) is 0 Å². The highest BCUT2D eigenvalue weighted by atomic mass is 16.5. The molecule has 0 aliphatic heterocycles. The Hall–Kier alpha value is -1.16. The molecule has 1 aromatic heterocycles. The Morgan fingerprint density at radius 2 is 1.93 bits per heavy atom. The first-order valence-corrected chi connectivity index (χ1v) is 5.29. The standard InChI is InChI=1S/C11H19N3O/c1-5-15-10(4)7-12-11-13-8(2)6-9(3)14-11/h6,10H,5,7H2,1-4H3,(H,12,13,14). The number of aromatic nitrogens is 2. The van der Waals surface area contributed by atoms with Crippen LogP contribution in [0.2, 0.25) is 0 Å². The minimum absolute atomic E-state index is 0.180. The van der Waals surface area contributed by atoms with E-state index >= 15 is 0 Å². The molecule has 1 rings (SSSR count). The summed E-state index contributed by atoms with van der Waals surface area (Å²) in [5.41, 5.74) is 1.96. The van der Waals surface area contributed by atoms with Crippen LogP contribution >= 0.6 is 0 Å². The topological polar surface area (TPSA) is 47.0 Å². The van der Waals surface area contributed by atoms with Crippen LogP contribution in [0, 0.1) is 13.8 Å². The monoisotopic (exact) mass is 209 g/mol. The van der Waals surface area contributed by atoms with Crippen molar-refractivity contribution in [2.24, 2.45) is 0 Å². The molecule has 1 aromatic rings. The van der Waals surface area contributed by atoms with Crippen molar-refractivity contribution in [1.82, 2.24) is 9.97 Å².